The first-order valence-electron chi connectivity index (χ1n) is 8.20. The minimum Gasteiger partial charge on any atom is -0.443 e. The molecule has 0 N–H and O–H groups in total. The summed E-state index contributed by atoms with van der Waals surface area (Å²) in [4.78, 5) is 2.38. The van der Waals surface area contributed by atoms with Crippen molar-refractivity contribution in [3.63, 3.8) is 0 Å². The Morgan fingerprint density at radius 3 is 2.65 bits per heavy atom. The van der Waals surface area contributed by atoms with E-state index in [4.69, 9.17) is 14.2 Å². The number of rotatable bonds is 4. The van der Waals surface area contributed by atoms with Crippen molar-refractivity contribution in [2.75, 3.05) is 27.2 Å². The second kappa shape index (κ2) is 6.59. The molecule has 0 saturated carbocycles. The maximum absolute atomic E-state index is 6.09. The third kappa shape index (κ3) is 4.10. The van der Waals surface area contributed by atoms with Gasteiger partial charge in [0.15, 0.2) is 5.79 Å². The molecule has 2 aliphatic heterocycles. The van der Waals surface area contributed by atoms with Crippen LogP contribution in [0, 0.1) is 0 Å². The Balaban J connectivity index is 1.73. The number of hydrogen-bond donors (Lipinski definition) is 0. The van der Waals surface area contributed by atoms with E-state index in [1.807, 2.05) is 38.6 Å². The van der Waals surface area contributed by atoms with Crippen LogP contribution in [0.4, 0.5) is 0 Å². The molecule has 0 aliphatic carbocycles. The molecule has 5 nitrogen and oxygen atoms in total. The molecular weight excluding hydrogens is 292 g/mol. The quantitative estimate of drug-likeness (QED) is 0.481. The lowest BCUT2D eigenvalue weighted by Gasteiger charge is -2.37. The molecule has 1 aromatic rings. The Morgan fingerprint density at radius 1 is 1.22 bits per heavy atom. The molecule has 126 valence electrons. The second-order valence-electron chi connectivity index (χ2n) is 7.06. The van der Waals surface area contributed by atoms with E-state index in [-0.39, 0.29) is 18.3 Å². The van der Waals surface area contributed by atoms with E-state index in [2.05, 4.69) is 29.2 Å². The molecular formula is C18H27N2O3+. The predicted octanol–water partition coefficient (Wildman–Crippen LogP) is 1.71. The van der Waals surface area contributed by atoms with Crippen molar-refractivity contribution < 1.29 is 18.8 Å². The normalized spacial score (nSPS) is 29.8. The zero-order chi connectivity index (χ0) is 16.4. The van der Waals surface area contributed by atoms with E-state index in [0.29, 0.717) is 0 Å². The molecule has 2 heterocycles. The Bertz CT molecular complexity index is 555. The monoisotopic (exact) mass is 319 g/mol. The zero-order valence-corrected chi connectivity index (χ0v) is 14.4. The molecule has 0 spiro atoms. The molecule has 2 aliphatic rings. The standard InChI is InChI=1S/C18H27N2O3/c1-18(2)22-16-12-20(10-14-8-6-5-7-9-14)11-15(17(16)23-18)21-13-19(3)4/h5-9,13,15-17H,10-12H2,1-4H3/q+1/t15-,16+,17-/m1/s1. The molecule has 2 fully saturated rings. The van der Waals surface area contributed by atoms with Gasteiger partial charge >= 0.3 is 6.40 Å². The highest BCUT2D eigenvalue weighted by molar-refractivity contribution is 5.39. The minimum absolute atomic E-state index is 0.0202. The molecule has 5 heteroatoms. The lowest BCUT2D eigenvalue weighted by atomic mass is 10.0. The summed E-state index contributed by atoms with van der Waals surface area (Å²) in [6, 6.07) is 10.5. The van der Waals surface area contributed by atoms with Crippen molar-refractivity contribution in [2.45, 2.75) is 44.5 Å². The molecule has 3 atom stereocenters. The van der Waals surface area contributed by atoms with Gasteiger partial charge in [-0.05, 0) is 19.4 Å². The van der Waals surface area contributed by atoms with Gasteiger partial charge in [-0.1, -0.05) is 30.3 Å². The van der Waals surface area contributed by atoms with Gasteiger partial charge < -0.3 is 14.2 Å². The van der Waals surface area contributed by atoms with Gasteiger partial charge in [0.1, 0.15) is 32.4 Å². The number of fused-ring (bicyclic) bond motifs is 1. The molecule has 0 aromatic heterocycles. The van der Waals surface area contributed by atoms with Crippen LogP contribution < -0.4 is 0 Å². The SMILES string of the molecule is C[N+](C)=CO[C@@H]1CN(Cc2ccccc2)C[C@@H]2OC(C)(C)O[C@@H]21. The summed E-state index contributed by atoms with van der Waals surface area (Å²) < 4.78 is 20.1. The molecule has 0 unspecified atom stereocenters. The predicted molar refractivity (Wildman–Crippen MR) is 88.6 cm³/mol. The van der Waals surface area contributed by atoms with Crippen LogP contribution in [-0.4, -0.2) is 67.2 Å². The van der Waals surface area contributed by atoms with E-state index >= 15 is 0 Å². The maximum atomic E-state index is 6.09. The smallest absolute Gasteiger partial charge is 0.323 e. The highest BCUT2D eigenvalue weighted by Gasteiger charge is 2.50. The highest BCUT2D eigenvalue weighted by Crippen LogP contribution is 2.34. The van der Waals surface area contributed by atoms with Crippen molar-refractivity contribution >= 4 is 6.40 Å². The van der Waals surface area contributed by atoms with Crippen LogP contribution in [0.25, 0.3) is 0 Å². The lowest BCUT2D eigenvalue weighted by Crippen LogP contribution is -2.54. The number of benzene rings is 1. The highest BCUT2D eigenvalue weighted by atomic mass is 16.8. The van der Waals surface area contributed by atoms with E-state index in [1.165, 1.54) is 5.56 Å². The molecule has 0 amide bonds. The Kier molecular flexibility index (Phi) is 4.71. The minimum atomic E-state index is -0.544. The second-order valence-corrected chi connectivity index (χ2v) is 7.06. The summed E-state index contributed by atoms with van der Waals surface area (Å²) in [6.07, 6.45) is 1.75. The number of piperidine rings is 1. The molecule has 0 bridgehead atoms. The Hall–Kier alpha value is -1.43. The molecule has 1 aromatic carbocycles. The maximum Gasteiger partial charge on any atom is 0.323 e. The fraction of sp³-hybridized carbons (Fsp3) is 0.611. The van der Waals surface area contributed by atoms with Gasteiger partial charge in [0, 0.05) is 19.6 Å². The zero-order valence-electron chi connectivity index (χ0n) is 14.4. The summed E-state index contributed by atoms with van der Waals surface area (Å²) in [5, 5.41) is 0. The van der Waals surface area contributed by atoms with Crippen molar-refractivity contribution in [1.29, 1.82) is 0 Å². The average molecular weight is 319 g/mol. The van der Waals surface area contributed by atoms with Crippen LogP contribution in [0.15, 0.2) is 30.3 Å². The first-order chi connectivity index (χ1) is 10.9. The van der Waals surface area contributed by atoms with E-state index in [9.17, 15) is 0 Å². The fourth-order valence-electron chi connectivity index (χ4n) is 3.30. The number of nitrogens with zero attached hydrogens (tertiary/aromatic N) is 2. The van der Waals surface area contributed by atoms with Gasteiger partial charge in [-0.3, -0.25) is 4.90 Å². The molecule has 23 heavy (non-hydrogen) atoms. The van der Waals surface area contributed by atoms with Gasteiger partial charge in [-0.25, -0.2) is 4.58 Å². The molecule has 2 saturated heterocycles. The van der Waals surface area contributed by atoms with Crippen LogP contribution in [-0.2, 0) is 20.8 Å². The van der Waals surface area contributed by atoms with Crippen molar-refractivity contribution in [1.82, 2.24) is 4.90 Å². The van der Waals surface area contributed by atoms with Gasteiger partial charge in [-0.15, -0.1) is 0 Å². The molecule has 0 radical (unpaired) electrons. The first kappa shape index (κ1) is 16.4. The van der Waals surface area contributed by atoms with Gasteiger partial charge in [0.05, 0.1) is 0 Å². The summed E-state index contributed by atoms with van der Waals surface area (Å²) in [6.45, 7) is 6.54. The number of ether oxygens (including phenoxy) is 3. The third-order valence-electron chi connectivity index (χ3n) is 4.16. The van der Waals surface area contributed by atoms with Crippen molar-refractivity contribution in [3.05, 3.63) is 35.9 Å². The topological polar surface area (TPSA) is 33.9 Å². The number of likely N-dealkylation sites (tertiary alicyclic amines) is 1. The average Bonchev–Trinajstić information content (AvgIpc) is 2.80. The summed E-state index contributed by atoms with van der Waals surface area (Å²) in [5.41, 5.74) is 1.31. The van der Waals surface area contributed by atoms with E-state index in [0.717, 1.165) is 19.6 Å². The van der Waals surface area contributed by atoms with E-state index < -0.39 is 5.79 Å². The summed E-state index contributed by atoms with van der Waals surface area (Å²) >= 11 is 0. The van der Waals surface area contributed by atoms with E-state index in [1.54, 1.807) is 6.40 Å². The Labute approximate surface area is 138 Å². The lowest BCUT2D eigenvalue weighted by molar-refractivity contribution is -0.469. The van der Waals surface area contributed by atoms with Gasteiger partial charge in [0.25, 0.3) is 0 Å². The third-order valence-corrected chi connectivity index (χ3v) is 4.16. The van der Waals surface area contributed by atoms with Crippen LogP contribution >= 0.6 is 0 Å². The number of hydrogen-bond acceptors (Lipinski definition) is 4. The molecule has 3 rings (SSSR count). The first-order valence-corrected chi connectivity index (χ1v) is 8.20. The van der Waals surface area contributed by atoms with Crippen LogP contribution in [0.5, 0.6) is 0 Å². The fourth-order valence-corrected chi connectivity index (χ4v) is 3.30. The van der Waals surface area contributed by atoms with Crippen LogP contribution in [0.2, 0.25) is 0 Å². The Morgan fingerprint density at radius 2 is 1.96 bits per heavy atom. The van der Waals surface area contributed by atoms with Gasteiger partial charge in [0.2, 0.25) is 0 Å². The summed E-state index contributed by atoms with van der Waals surface area (Å²) in [7, 11) is 3.91. The largest absolute Gasteiger partial charge is 0.443 e. The van der Waals surface area contributed by atoms with Crippen LogP contribution in [0.3, 0.4) is 0 Å². The van der Waals surface area contributed by atoms with Crippen LogP contribution in [0.1, 0.15) is 19.4 Å². The van der Waals surface area contributed by atoms with Crippen molar-refractivity contribution in [3.8, 4) is 0 Å². The summed E-state index contributed by atoms with van der Waals surface area (Å²) in [5.74, 6) is -0.544. The van der Waals surface area contributed by atoms with Gasteiger partial charge in [-0.2, -0.15) is 0 Å². The van der Waals surface area contributed by atoms with Crippen molar-refractivity contribution in [2.24, 2.45) is 0 Å².